The van der Waals surface area contributed by atoms with Gasteiger partial charge < -0.3 is 9.47 Å². The van der Waals surface area contributed by atoms with Gasteiger partial charge in [0.2, 0.25) is 0 Å². The minimum atomic E-state index is -4.30. The summed E-state index contributed by atoms with van der Waals surface area (Å²) in [4.78, 5) is 15.0. The number of pyridine rings is 1. The van der Waals surface area contributed by atoms with E-state index in [0.29, 0.717) is 0 Å². The molecule has 0 spiro atoms. The van der Waals surface area contributed by atoms with Crippen molar-refractivity contribution in [2.75, 3.05) is 7.11 Å². The summed E-state index contributed by atoms with van der Waals surface area (Å²) in [7, 11) is 1.15. The Morgan fingerprint density at radius 3 is 2.32 bits per heavy atom. The van der Waals surface area contributed by atoms with E-state index >= 15 is 0 Å². The fourth-order valence-corrected chi connectivity index (χ4v) is 2.54. The van der Waals surface area contributed by atoms with E-state index in [4.69, 9.17) is 4.74 Å². The van der Waals surface area contributed by atoms with Gasteiger partial charge in [0.1, 0.15) is 5.75 Å². The maximum absolute atomic E-state index is 13.9. The maximum atomic E-state index is 13.9. The number of hydrogen-bond donors (Lipinski definition) is 0. The molecule has 0 radical (unpaired) electrons. The molecule has 1 heterocycles. The zero-order chi connectivity index (χ0) is 18.2. The van der Waals surface area contributed by atoms with Crippen molar-refractivity contribution in [1.82, 2.24) is 4.98 Å². The lowest BCUT2D eigenvalue weighted by Crippen LogP contribution is -2.28. The van der Waals surface area contributed by atoms with Crippen LogP contribution in [0.5, 0.6) is 11.6 Å². The summed E-state index contributed by atoms with van der Waals surface area (Å²) in [5.74, 6) is -1.89. The second-order valence-electron chi connectivity index (χ2n) is 5.71. The summed E-state index contributed by atoms with van der Waals surface area (Å²) >= 11 is 0. The van der Waals surface area contributed by atoms with E-state index in [9.17, 15) is 22.4 Å². The van der Waals surface area contributed by atoms with Gasteiger partial charge in [-0.25, -0.2) is 14.2 Å². The number of alkyl halides is 3. The lowest BCUT2D eigenvalue weighted by molar-refractivity contribution is -0.160. The Kier molecular flexibility index (Phi) is 4.14. The van der Waals surface area contributed by atoms with Crippen LogP contribution in [0.2, 0.25) is 0 Å². The van der Waals surface area contributed by atoms with Crippen LogP contribution in [0.25, 0.3) is 0 Å². The van der Waals surface area contributed by atoms with E-state index < -0.39 is 29.3 Å². The zero-order valence-electron chi connectivity index (χ0n) is 13.1. The Bertz CT molecular complexity index is 799. The second-order valence-corrected chi connectivity index (χ2v) is 5.71. The van der Waals surface area contributed by atoms with Gasteiger partial charge in [0.05, 0.1) is 18.1 Å². The second kappa shape index (κ2) is 6.02. The normalized spacial score (nSPS) is 15.6. The summed E-state index contributed by atoms with van der Waals surface area (Å²) in [5.41, 5.74) is -1.71. The molecule has 0 amide bonds. The lowest BCUT2D eigenvalue weighted by atomic mass is 9.95. The Morgan fingerprint density at radius 1 is 1.20 bits per heavy atom. The van der Waals surface area contributed by atoms with E-state index in [-0.39, 0.29) is 29.7 Å². The molecule has 0 N–H and O–H groups in total. The van der Waals surface area contributed by atoms with Crippen molar-refractivity contribution in [3.05, 3.63) is 53.5 Å². The molecule has 1 aliphatic carbocycles. The van der Waals surface area contributed by atoms with E-state index in [0.717, 1.165) is 19.4 Å². The summed E-state index contributed by atoms with van der Waals surface area (Å²) in [6.45, 7) is 0. The molecule has 0 aliphatic heterocycles. The van der Waals surface area contributed by atoms with Gasteiger partial charge in [-0.2, -0.15) is 13.2 Å². The third-order valence-corrected chi connectivity index (χ3v) is 4.14. The monoisotopic (exact) mass is 355 g/mol. The van der Waals surface area contributed by atoms with Gasteiger partial charge in [-0.1, -0.05) is 12.1 Å². The molecule has 25 heavy (non-hydrogen) atoms. The Labute approximate surface area is 140 Å². The predicted molar refractivity (Wildman–Crippen MR) is 79.0 cm³/mol. The standard InChI is InChI=1S/C17H13F4NO3/c1-24-15(23)10-8-13(18)14(22-9-10)25-12-4-2-11(3-5-12)16(6-7-16)17(19,20)21/h2-5,8-9H,6-7H2,1H3. The highest BCUT2D eigenvalue weighted by atomic mass is 19.4. The van der Waals surface area contributed by atoms with Crippen LogP contribution in [0.15, 0.2) is 36.5 Å². The summed E-state index contributed by atoms with van der Waals surface area (Å²) in [6, 6.07) is 6.20. The molecule has 132 valence electrons. The summed E-state index contributed by atoms with van der Waals surface area (Å²) in [5, 5.41) is 0. The number of carbonyl (C=O) groups excluding carboxylic acids is 1. The van der Waals surface area contributed by atoms with E-state index in [1.807, 2.05) is 0 Å². The van der Waals surface area contributed by atoms with Crippen LogP contribution in [0, 0.1) is 5.82 Å². The molecular formula is C17H13F4NO3. The summed E-state index contributed by atoms with van der Waals surface area (Å²) < 4.78 is 62.9. The quantitative estimate of drug-likeness (QED) is 0.603. The number of hydrogen-bond acceptors (Lipinski definition) is 4. The van der Waals surface area contributed by atoms with Crippen LogP contribution < -0.4 is 4.74 Å². The van der Waals surface area contributed by atoms with Crippen molar-refractivity contribution < 1.29 is 31.8 Å². The minimum absolute atomic E-state index is 0.0574. The molecule has 0 atom stereocenters. The topological polar surface area (TPSA) is 48.4 Å². The Balaban J connectivity index is 1.78. The van der Waals surface area contributed by atoms with Crippen molar-refractivity contribution in [3.8, 4) is 11.6 Å². The number of ether oxygens (including phenoxy) is 2. The third-order valence-electron chi connectivity index (χ3n) is 4.14. The van der Waals surface area contributed by atoms with E-state index in [1.54, 1.807) is 0 Å². The molecule has 1 aromatic carbocycles. The summed E-state index contributed by atoms with van der Waals surface area (Å²) in [6.07, 6.45) is -3.10. The number of halogens is 4. The molecular weight excluding hydrogens is 342 g/mol. The molecule has 1 aliphatic rings. The highest BCUT2D eigenvalue weighted by Gasteiger charge is 2.64. The van der Waals surface area contributed by atoms with Crippen LogP contribution in [-0.2, 0) is 10.2 Å². The van der Waals surface area contributed by atoms with Gasteiger partial charge in [-0.05, 0) is 36.6 Å². The Morgan fingerprint density at radius 2 is 1.84 bits per heavy atom. The fraction of sp³-hybridized carbons (Fsp3) is 0.294. The molecule has 1 aromatic heterocycles. The maximum Gasteiger partial charge on any atom is 0.398 e. The van der Waals surface area contributed by atoms with Crippen molar-refractivity contribution in [2.24, 2.45) is 0 Å². The number of methoxy groups -OCH3 is 1. The van der Waals surface area contributed by atoms with Crippen molar-refractivity contribution in [3.63, 3.8) is 0 Å². The smallest absolute Gasteiger partial charge is 0.398 e. The number of rotatable bonds is 4. The molecule has 4 nitrogen and oxygen atoms in total. The van der Waals surface area contributed by atoms with Crippen molar-refractivity contribution in [1.29, 1.82) is 0 Å². The van der Waals surface area contributed by atoms with Crippen LogP contribution in [-0.4, -0.2) is 24.2 Å². The minimum Gasteiger partial charge on any atom is -0.465 e. The molecule has 0 bridgehead atoms. The molecule has 2 aromatic rings. The number of nitrogens with zero attached hydrogens (tertiary/aromatic N) is 1. The first-order valence-electron chi connectivity index (χ1n) is 7.36. The van der Waals surface area contributed by atoms with Crippen LogP contribution in [0.4, 0.5) is 17.6 Å². The average molecular weight is 355 g/mol. The number of aromatic nitrogens is 1. The van der Waals surface area contributed by atoms with Crippen molar-refractivity contribution >= 4 is 5.97 Å². The highest BCUT2D eigenvalue weighted by Crippen LogP contribution is 2.58. The largest absolute Gasteiger partial charge is 0.465 e. The number of esters is 1. The SMILES string of the molecule is COC(=O)c1cnc(Oc2ccc(C3(C(F)(F)F)CC3)cc2)c(F)c1. The van der Waals surface area contributed by atoms with Gasteiger partial charge in [-0.3, -0.25) is 0 Å². The molecule has 1 saturated carbocycles. The van der Waals surface area contributed by atoms with Gasteiger partial charge in [0.25, 0.3) is 5.88 Å². The molecule has 1 fully saturated rings. The molecule has 0 saturated heterocycles. The van der Waals surface area contributed by atoms with E-state index in [1.165, 1.54) is 24.3 Å². The highest BCUT2D eigenvalue weighted by molar-refractivity contribution is 5.88. The fourth-order valence-electron chi connectivity index (χ4n) is 2.54. The average Bonchev–Trinajstić information content (AvgIpc) is 3.38. The third kappa shape index (κ3) is 3.16. The lowest BCUT2D eigenvalue weighted by Gasteiger charge is -2.19. The molecule has 3 rings (SSSR count). The van der Waals surface area contributed by atoms with Gasteiger partial charge in [0, 0.05) is 6.20 Å². The van der Waals surface area contributed by atoms with Gasteiger partial charge in [-0.15, -0.1) is 0 Å². The number of carbonyl (C=O) groups is 1. The van der Waals surface area contributed by atoms with Crippen LogP contribution in [0.3, 0.4) is 0 Å². The van der Waals surface area contributed by atoms with Gasteiger partial charge in [0.15, 0.2) is 5.82 Å². The first-order chi connectivity index (χ1) is 11.8. The molecule has 8 heteroatoms. The Hall–Kier alpha value is -2.64. The predicted octanol–water partition coefficient (Wildman–Crippen LogP) is 4.39. The first kappa shape index (κ1) is 17.2. The van der Waals surface area contributed by atoms with Gasteiger partial charge >= 0.3 is 12.1 Å². The van der Waals surface area contributed by atoms with E-state index in [2.05, 4.69) is 9.72 Å². The number of benzene rings is 1. The van der Waals surface area contributed by atoms with Crippen LogP contribution in [0.1, 0.15) is 28.8 Å². The zero-order valence-corrected chi connectivity index (χ0v) is 13.1. The van der Waals surface area contributed by atoms with Crippen LogP contribution >= 0.6 is 0 Å². The van der Waals surface area contributed by atoms with Crippen molar-refractivity contribution in [2.45, 2.75) is 24.4 Å². The first-order valence-corrected chi connectivity index (χ1v) is 7.36. The molecule has 0 unspecified atom stereocenters.